The molecule has 0 N–H and O–H groups in total. The fourth-order valence-corrected chi connectivity index (χ4v) is 0.504. The molecule has 0 aliphatic carbocycles. The molecule has 0 fully saturated rings. The highest BCUT2D eigenvalue weighted by atomic mass is 16.5. The van der Waals surface area contributed by atoms with E-state index in [4.69, 9.17) is 9.47 Å². The van der Waals surface area contributed by atoms with E-state index in [0.717, 1.165) is 0 Å². The highest BCUT2D eigenvalue weighted by molar-refractivity contribution is 5.13. The Kier molecular flexibility index (Phi) is 8.41. The second kappa shape index (κ2) is 9.56. The second-order valence-electron chi connectivity index (χ2n) is 1.90. The molecule has 2 heteroatoms. The van der Waals surface area contributed by atoms with Crippen LogP contribution in [0.4, 0.5) is 0 Å². The molecule has 0 spiro atoms. The Bertz CT molecular complexity index is 166. The molecule has 0 aliphatic rings. The Morgan fingerprint density at radius 2 is 0.917 bits per heavy atom. The van der Waals surface area contributed by atoms with Crippen LogP contribution < -0.4 is 0 Å². The van der Waals surface area contributed by atoms with E-state index < -0.39 is 0 Å². The summed E-state index contributed by atoms with van der Waals surface area (Å²) in [4.78, 5) is 0. The SMILES string of the molecule is COC=CC=CC=CC=COC. The van der Waals surface area contributed by atoms with Crippen molar-refractivity contribution in [2.24, 2.45) is 0 Å². The lowest BCUT2D eigenvalue weighted by atomic mass is 10.4. The third-order valence-electron chi connectivity index (χ3n) is 0.985. The van der Waals surface area contributed by atoms with Gasteiger partial charge in [-0.25, -0.2) is 0 Å². The summed E-state index contributed by atoms with van der Waals surface area (Å²) in [6, 6.07) is 0. The first-order valence-corrected chi connectivity index (χ1v) is 3.62. The van der Waals surface area contributed by atoms with Crippen molar-refractivity contribution in [3.05, 3.63) is 49.0 Å². The average Bonchev–Trinajstić information content (AvgIpc) is 2.10. The minimum atomic E-state index is 1.61. The molecule has 0 heterocycles. The predicted molar refractivity (Wildman–Crippen MR) is 50.6 cm³/mol. The largest absolute Gasteiger partial charge is 0.504 e. The predicted octanol–water partition coefficient (Wildman–Crippen LogP) is 2.42. The molecular weight excluding hydrogens is 152 g/mol. The summed E-state index contributed by atoms with van der Waals surface area (Å²) in [6.07, 6.45) is 14.4. The van der Waals surface area contributed by atoms with E-state index in [1.807, 2.05) is 36.5 Å². The average molecular weight is 166 g/mol. The molecule has 0 rings (SSSR count). The molecule has 0 aromatic rings. The van der Waals surface area contributed by atoms with Gasteiger partial charge >= 0.3 is 0 Å². The fraction of sp³-hybridized carbons (Fsp3) is 0.200. The maximum absolute atomic E-state index is 4.70. The van der Waals surface area contributed by atoms with Crippen molar-refractivity contribution in [3.63, 3.8) is 0 Å². The summed E-state index contributed by atoms with van der Waals surface area (Å²) in [5.41, 5.74) is 0. The van der Waals surface area contributed by atoms with Crippen molar-refractivity contribution >= 4 is 0 Å². The van der Waals surface area contributed by atoms with E-state index >= 15 is 0 Å². The van der Waals surface area contributed by atoms with Gasteiger partial charge in [0, 0.05) is 0 Å². The summed E-state index contributed by atoms with van der Waals surface area (Å²) in [5.74, 6) is 0. The van der Waals surface area contributed by atoms with E-state index in [2.05, 4.69) is 0 Å². The Morgan fingerprint density at radius 3 is 1.25 bits per heavy atom. The molecule has 0 saturated carbocycles. The molecule has 2 nitrogen and oxygen atoms in total. The number of hydrogen-bond donors (Lipinski definition) is 0. The Hall–Kier alpha value is -1.44. The molecule has 0 radical (unpaired) electrons. The molecule has 0 unspecified atom stereocenters. The number of hydrogen-bond acceptors (Lipinski definition) is 2. The number of methoxy groups -OCH3 is 2. The third kappa shape index (κ3) is 8.56. The maximum Gasteiger partial charge on any atom is 0.0824 e. The van der Waals surface area contributed by atoms with Gasteiger partial charge in [-0.1, -0.05) is 24.3 Å². The lowest BCUT2D eigenvalue weighted by Crippen LogP contribution is -1.61. The Morgan fingerprint density at radius 1 is 0.583 bits per heavy atom. The quantitative estimate of drug-likeness (QED) is 0.461. The Balaban J connectivity index is 3.52. The van der Waals surface area contributed by atoms with Gasteiger partial charge in [-0.05, 0) is 12.2 Å². The number of allylic oxidation sites excluding steroid dienone is 6. The van der Waals surface area contributed by atoms with Crippen molar-refractivity contribution in [3.8, 4) is 0 Å². The molecule has 0 bridgehead atoms. The molecule has 0 atom stereocenters. The van der Waals surface area contributed by atoms with E-state index in [1.165, 1.54) is 0 Å². The summed E-state index contributed by atoms with van der Waals surface area (Å²) in [6.45, 7) is 0. The van der Waals surface area contributed by atoms with Crippen LogP contribution in [0.3, 0.4) is 0 Å². The summed E-state index contributed by atoms with van der Waals surface area (Å²) >= 11 is 0. The lowest BCUT2D eigenvalue weighted by Gasteiger charge is -1.81. The van der Waals surface area contributed by atoms with Gasteiger partial charge in [0.25, 0.3) is 0 Å². The molecule has 0 aliphatic heterocycles. The van der Waals surface area contributed by atoms with Gasteiger partial charge < -0.3 is 9.47 Å². The van der Waals surface area contributed by atoms with E-state index in [0.29, 0.717) is 0 Å². The standard InChI is InChI=1S/C10H14O2/c1-11-9-7-5-3-4-6-8-10-12-2/h3-10H,1-2H3. The van der Waals surface area contributed by atoms with Crippen molar-refractivity contribution in [1.29, 1.82) is 0 Å². The second-order valence-corrected chi connectivity index (χ2v) is 1.90. The minimum Gasteiger partial charge on any atom is -0.504 e. The van der Waals surface area contributed by atoms with Crippen LogP contribution in [0.5, 0.6) is 0 Å². The highest BCUT2D eigenvalue weighted by Gasteiger charge is 1.63. The smallest absolute Gasteiger partial charge is 0.0824 e. The zero-order chi connectivity index (χ0) is 9.07. The van der Waals surface area contributed by atoms with Crippen LogP contribution in [-0.4, -0.2) is 14.2 Å². The minimum absolute atomic E-state index is 1.61. The molecule has 0 aromatic carbocycles. The first-order chi connectivity index (χ1) is 5.91. The summed E-state index contributed by atoms with van der Waals surface area (Å²) in [7, 11) is 3.23. The van der Waals surface area contributed by atoms with Crippen LogP contribution in [0, 0.1) is 0 Å². The van der Waals surface area contributed by atoms with Gasteiger partial charge in [0.1, 0.15) is 0 Å². The number of rotatable bonds is 5. The zero-order valence-corrected chi connectivity index (χ0v) is 7.44. The molecule has 0 aromatic heterocycles. The molecular formula is C10H14O2. The molecule has 0 saturated heterocycles. The fourth-order valence-electron chi connectivity index (χ4n) is 0.504. The van der Waals surface area contributed by atoms with Gasteiger partial charge in [-0.2, -0.15) is 0 Å². The zero-order valence-electron chi connectivity index (χ0n) is 7.44. The van der Waals surface area contributed by atoms with Crippen molar-refractivity contribution in [2.45, 2.75) is 0 Å². The van der Waals surface area contributed by atoms with Crippen LogP contribution in [0.1, 0.15) is 0 Å². The van der Waals surface area contributed by atoms with Crippen molar-refractivity contribution in [1.82, 2.24) is 0 Å². The molecule has 12 heavy (non-hydrogen) atoms. The first kappa shape index (κ1) is 10.6. The third-order valence-corrected chi connectivity index (χ3v) is 0.985. The maximum atomic E-state index is 4.70. The lowest BCUT2D eigenvalue weighted by molar-refractivity contribution is 0.338. The van der Waals surface area contributed by atoms with E-state index in [-0.39, 0.29) is 0 Å². The topological polar surface area (TPSA) is 18.5 Å². The summed E-state index contributed by atoms with van der Waals surface area (Å²) < 4.78 is 9.39. The number of ether oxygens (including phenoxy) is 2. The first-order valence-electron chi connectivity index (χ1n) is 3.62. The van der Waals surface area contributed by atoms with E-state index in [9.17, 15) is 0 Å². The highest BCUT2D eigenvalue weighted by Crippen LogP contribution is 1.82. The van der Waals surface area contributed by atoms with Gasteiger partial charge in [-0.3, -0.25) is 0 Å². The van der Waals surface area contributed by atoms with E-state index in [1.54, 1.807) is 26.7 Å². The normalized spacial score (nSPS) is 12.5. The van der Waals surface area contributed by atoms with Crippen molar-refractivity contribution < 1.29 is 9.47 Å². The Labute approximate surface area is 73.5 Å². The molecule has 66 valence electrons. The van der Waals surface area contributed by atoms with Gasteiger partial charge in [0.2, 0.25) is 0 Å². The monoisotopic (exact) mass is 166 g/mol. The van der Waals surface area contributed by atoms with Crippen LogP contribution in [0.25, 0.3) is 0 Å². The van der Waals surface area contributed by atoms with Crippen LogP contribution in [0.2, 0.25) is 0 Å². The van der Waals surface area contributed by atoms with Gasteiger partial charge in [0.15, 0.2) is 0 Å². The van der Waals surface area contributed by atoms with Crippen molar-refractivity contribution in [2.75, 3.05) is 14.2 Å². The van der Waals surface area contributed by atoms with Crippen LogP contribution >= 0.6 is 0 Å². The summed E-state index contributed by atoms with van der Waals surface area (Å²) in [5, 5.41) is 0. The van der Waals surface area contributed by atoms with Crippen LogP contribution in [0.15, 0.2) is 49.0 Å². The van der Waals surface area contributed by atoms with Gasteiger partial charge in [-0.15, -0.1) is 0 Å². The molecule has 0 amide bonds. The van der Waals surface area contributed by atoms with Crippen LogP contribution in [-0.2, 0) is 9.47 Å². The van der Waals surface area contributed by atoms with Gasteiger partial charge in [0.05, 0.1) is 26.7 Å².